The number of halogens is 1. The van der Waals surface area contributed by atoms with Crippen LogP contribution in [0.1, 0.15) is 13.8 Å². The highest BCUT2D eigenvalue weighted by Crippen LogP contribution is 2.45. The maximum Gasteiger partial charge on any atom is 0.352 e. The zero-order chi connectivity index (χ0) is 16.7. The molecule has 1 fully saturated rings. The van der Waals surface area contributed by atoms with Gasteiger partial charge in [-0.25, -0.2) is 4.79 Å². The van der Waals surface area contributed by atoms with E-state index in [1.54, 1.807) is 0 Å². The third-order valence-electron chi connectivity index (χ3n) is 3.11. The largest absolute Gasteiger partial charge is 0.477 e. The van der Waals surface area contributed by atoms with Crippen molar-refractivity contribution in [2.75, 3.05) is 12.4 Å². The minimum absolute atomic E-state index is 0. The fourth-order valence-corrected chi connectivity index (χ4v) is 3.57. The smallest absolute Gasteiger partial charge is 0.352 e. The summed E-state index contributed by atoms with van der Waals surface area (Å²) in [5.74, 6) is -3.28. The van der Waals surface area contributed by atoms with Crippen molar-refractivity contribution in [2.24, 2.45) is 5.73 Å². The van der Waals surface area contributed by atoms with Gasteiger partial charge in [0.05, 0.1) is 0 Å². The Hall–Kier alpha value is -1.78. The molecule has 0 radical (unpaired) electrons. The molecule has 2 heterocycles. The number of nitrogens with zero attached hydrogens (tertiary/aromatic N) is 1. The zero-order valence-electron chi connectivity index (χ0n) is 12.2. The van der Waals surface area contributed by atoms with Gasteiger partial charge in [-0.2, -0.15) is 0 Å². The molecule has 23 heavy (non-hydrogen) atoms. The summed E-state index contributed by atoms with van der Waals surface area (Å²) < 4.78 is 9.64. The van der Waals surface area contributed by atoms with Crippen molar-refractivity contribution >= 4 is 48.0 Å². The molecule has 3 N–H and O–H groups in total. The summed E-state index contributed by atoms with van der Waals surface area (Å²) in [6.07, 6.45) is 0. The molecule has 0 saturated carbocycles. The minimum Gasteiger partial charge on any atom is -0.477 e. The second-order valence-electron chi connectivity index (χ2n) is 4.76. The van der Waals surface area contributed by atoms with Crippen LogP contribution in [0.25, 0.3) is 0 Å². The Morgan fingerprint density at radius 1 is 1.39 bits per heavy atom. The molecule has 9 nitrogen and oxygen atoms in total. The number of esters is 2. The maximum atomic E-state index is 12.2. The van der Waals surface area contributed by atoms with Crippen LogP contribution in [-0.2, 0) is 28.7 Å². The SMILES string of the molecule is CC(=O)OCC1=C(C(=O)O)N2C(=O)[C@@](N)(OC(C)=O)[C@H]2SC1.Cl. The maximum absolute atomic E-state index is 12.2. The van der Waals surface area contributed by atoms with E-state index < -0.39 is 34.9 Å². The Labute approximate surface area is 141 Å². The number of carbonyl (C=O) groups is 4. The Kier molecular flexibility index (Phi) is 5.67. The standard InChI is InChI=1S/C12H14N2O7S.ClH/c1-5(15)20-3-7-4-22-11-12(13,21-6(2)16)10(19)14(11)8(7)9(17)18;/h11H,3-4,13H2,1-2H3,(H,17,18);1H/t11-,12-;/m1./s1. The Bertz CT molecular complexity index is 608. The van der Waals surface area contributed by atoms with Gasteiger partial charge in [0.1, 0.15) is 17.7 Å². The second-order valence-corrected chi connectivity index (χ2v) is 5.83. The van der Waals surface area contributed by atoms with E-state index in [2.05, 4.69) is 0 Å². The number of rotatable bonds is 4. The monoisotopic (exact) mass is 366 g/mol. The van der Waals surface area contributed by atoms with E-state index in [-0.39, 0.29) is 36.0 Å². The second kappa shape index (κ2) is 6.77. The van der Waals surface area contributed by atoms with E-state index in [9.17, 15) is 24.3 Å². The van der Waals surface area contributed by atoms with Crippen molar-refractivity contribution in [2.45, 2.75) is 24.9 Å². The Balaban J connectivity index is 0.00000264. The van der Waals surface area contributed by atoms with Crippen LogP contribution in [0.15, 0.2) is 11.3 Å². The zero-order valence-corrected chi connectivity index (χ0v) is 13.9. The van der Waals surface area contributed by atoms with Crippen LogP contribution < -0.4 is 5.73 Å². The predicted octanol–water partition coefficient (Wildman–Crippen LogP) is -0.557. The van der Waals surface area contributed by atoms with Crippen molar-refractivity contribution in [1.29, 1.82) is 0 Å². The highest BCUT2D eigenvalue weighted by molar-refractivity contribution is 8.00. The topological polar surface area (TPSA) is 136 Å². The summed E-state index contributed by atoms with van der Waals surface area (Å²) in [6.45, 7) is 2.07. The first-order valence-corrected chi connectivity index (χ1v) is 7.25. The summed E-state index contributed by atoms with van der Waals surface area (Å²) in [6, 6.07) is 0. The van der Waals surface area contributed by atoms with Gasteiger partial charge < -0.3 is 14.6 Å². The first kappa shape index (κ1) is 19.3. The molecule has 1 amide bonds. The average Bonchev–Trinajstić information content (AvgIpc) is 2.42. The number of fused-ring (bicyclic) bond motifs is 1. The molecular weight excluding hydrogens is 352 g/mol. The van der Waals surface area contributed by atoms with Gasteiger partial charge >= 0.3 is 17.9 Å². The van der Waals surface area contributed by atoms with Crippen LogP contribution in [0.2, 0.25) is 0 Å². The highest BCUT2D eigenvalue weighted by atomic mass is 35.5. The third-order valence-corrected chi connectivity index (χ3v) is 4.50. The Morgan fingerprint density at radius 2 is 2.00 bits per heavy atom. The van der Waals surface area contributed by atoms with E-state index >= 15 is 0 Å². The van der Waals surface area contributed by atoms with Gasteiger partial charge in [0.25, 0.3) is 11.6 Å². The van der Waals surface area contributed by atoms with E-state index in [4.69, 9.17) is 15.2 Å². The number of hydrogen-bond donors (Lipinski definition) is 2. The number of carboxylic acids is 1. The molecule has 11 heteroatoms. The number of thioether (sulfide) groups is 1. The lowest BCUT2D eigenvalue weighted by atomic mass is 9.99. The summed E-state index contributed by atoms with van der Waals surface area (Å²) in [4.78, 5) is 46.5. The molecule has 0 unspecified atom stereocenters. The first-order chi connectivity index (χ1) is 10.2. The van der Waals surface area contributed by atoms with Crippen molar-refractivity contribution in [3.05, 3.63) is 11.3 Å². The molecule has 0 aromatic carbocycles. The van der Waals surface area contributed by atoms with Crippen molar-refractivity contribution in [1.82, 2.24) is 4.90 Å². The molecule has 0 aliphatic carbocycles. The van der Waals surface area contributed by atoms with Gasteiger partial charge in [-0.05, 0) is 0 Å². The number of amides is 1. The third kappa shape index (κ3) is 3.28. The molecule has 2 atom stereocenters. The molecule has 0 spiro atoms. The van der Waals surface area contributed by atoms with Crippen LogP contribution in [0.3, 0.4) is 0 Å². The number of β-lactam (4-membered cyclic amide) rings is 1. The molecule has 0 aromatic heterocycles. The fourth-order valence-electron chi connectivity index (χ4n) is 2.25. The van der Waals surface area contributed by atoms with Gasteiger partial charge in [-0.1, -0.05) is 0 Å². The number of nitrogens with two attached hydrogens (primary N) is 1. The number of carboxylic acid groups (broad SMARTS) is 1. The number of carbonyl (C=O) groups excluding carboxylic acids is 3. The van der Waals surface area contributed by atoms with Gasteiger partial charge in [0.15, 0.2) is 0 Å². The van der Waals surface area contributed by atoms with Crippen molar-refractivity contribution < 1.29 is 33.8 Å². The quantitative estimate of drug-likeness (QED) is 0.381. The van der Waals surface area contributed by atoms with Gasteiger partial charge in [0.2, 0.25) is 0 Å². The van der Waals surface area contributed by atoms with Crippen LogP contribution >= 0.6 is 24.2 Å². The summed E-state index contributed by atoms with van der Waals surface area (Å²) in [5.41, 5.74) is 3.90. The molecular formula is C12H15ClN2O7S. The first-order valence-electron chi connectivity index (χ1n) is 6.21. The van der Waals surface area contributed by atoms with Crippen molar-refractivity contribution in [3.8, 4) is 0 Å². The highest BCUT2D eigenvalue weighted by Gasteiger charge is 2.65. The minimum atomic E-state index is -1.87. The van der Waals surface area contributed by atoms with E-state index in [0.717, 1.165) is 23.6 Å². The van der Waals surface area contributed by atoms with Gasteiger partial charge in [0, 0.05) is 25.2 Å². The molecule has 0 aromatic rings. The van der Waals surface area contributed by atoms with Crippen molar-refractivity contribution in [3.63, 3.8) is 0 Å². The Morgan fingerprint density at radius 3 is 2.48 bits per heavy atom. The summed E-state index contributed by atoms with van der Waals surface area (Å²) >= 11 is 1.14. The summed E-state index contributed by atoms with van der Waals surface area (Å²) in [5, 5.41) is 8.49. The number of ether oxygens (including phenoxy) is 2. The normalized spacial score (nSPS) is 25.8. The predicted molar refractivity (Wildman–Crippen MR) is 80.3 cm³/mol. The fraction of sp³-hybridized carbons (Fsp3) is 0.500. The van der Waals surface area contributed by atoms with Crippen LogP contribution in [-0.4, -0.2) is 57.3 Å². The van der Waals surface area contributed by atoms with Crippen LogP contribution in [0.5, 0.6) is 0 Å². The van der Waals surface area contributed by atoms with E-state index in [1.165, 1.54) is 6.92 Å². The van der Waals surface area contributed by atoms with Gasteiger partial charge in [-0.3, -0.25) is 25.0 Å². The molecule has 1 saturated heterocycles. The number of aliphatic carboxylic acids is 1. The van der Waals surface area contributed by atoms with Crippen LogP contribution in [0.4, 0.5) is 0 Å². The molecule has 2 aliphatic heterocycles. The lowest BCUT2D eigenvalue weighted by molar-refractivity contribution is -0.194. The van der Waals surface area contributed by atoms with E-state index in [0.29, 0.717) is 0 Å². The van der Waals surface area contributed by atoms with E-state index in [1.807, 2.05) is 0 Å². The average molecular weight is 367 g/mol. The number of hydrogen-bond acceptors (Lipinski definition) is 8. The van der Waals surface area contributed by atoms with Crippen LogP contribution in [0, 0.1) is 0 Å². The molecule has 2 aliphatic rings. The molecule has 128 valence electrons. The summed E-state index contributed by atoms with van der Waals surface area (Å²) in [7, 11) is 0. The lowest BCUT2D eigenvalue weighted by Gasteiger charge is -2.53. The molecule has 2 rings (SSSR count). The lowest BCUT2D eigenvalue weighted by Crippen LogP contribution is -2.79. The van der Waals surface area contributed by atoms with Gasteiger partial charge in [-0.15, -0.1) is 24.2 Å². The molecule has 0 bridgehead atoms.